The Bertz CT molecular complexity index is 30.5. The van der Waals surface area contributed by atoms with Gasteiger partial charge in [0, 0.05) is 34.1 Å². The molecule has 0 bridgehead atoms. The maximum absolute atomic E-state index is 8.70. The van der Waals surface area contributed by atoms with Gasteiger partial charge in [-0.05, 0) is 0 Å². The molecule has 0 aromatic rings. The van der Waals surface area contributed by atoms with E-state index in [4.69, 9.17) is 14.4 Å². The number of rotatable bonds is 0. The van der Waals surface area contributed by atoms with E-state index in [1.807, 2.05) is 0 Å². The van der Waals surface area contributed by atoms with E-state index in [-0.39, 0.29) is 35.0 Å². The SMILES string of the molecule is O.O=[P+](O)O.[Na]. The van der Waals surface area contributed by atoms with Gasteiger partial charge >= 0.3 is 8.25 Å². The Kier molecular flexibility index (Phi) is 24.6. The number of hydrogen-bond acceptors (Lipinski definition) is 1. The van der Waals surface area contributed by atoms with Crippen molar-refractivity contribution in [3.05, 3.63) is 0 Å². The van der Waals surface area contributed by atoms with Crippen LogP contribution in [0, 0.1) is 0 Å². The Hall–Kier alpha value is 0.980. The van der Waals surface area contributed by atoms with Gasteiger partial charge in [-0.2, -0.15) is 0 Å². The predicted octanol–water partition coefficient (Wildman–Crippen LogP) is -1.58. The van der Waals surface area contributed by atoms with Crippen LogP contribution in [0.1, 0.15) is 0 Å². The van der Waals surface area contributed by atoms with Gasteiger partial charge in [-0.1, -0.05) is 0 Å². The summed E-state index contributed by atoms with van der Waals surface area (Å²) < 4.78 is 8.70. The summed E-state index contributed by atoms with van der Waals surface area (Å²) in [6, 6.07) is 0. The fourth-order valence-electron chi connectivity index (χ4n) is 0. The fraction of sp³-hybridized carbons (Fsp3) is 0. The molecule has 0 saturated carbocycles. The van der Waals surface area contributed by atoms with Crippen molar-refractivity contribution in [1.29, 1.82) is 0 Å². The molecule has 4 nitrogen and oxygen atoms in total. The summed E-state index contributed by atoms with van der Waals surface area (Å²) in [5.74, 6) is 0. The first-order valence-corrected chi connectivity index (χ1v) is 1.75. The van der Waals surface area contributed by atoms with Crippen LogP contribution in [0.2, 0.25) is 0 Å². The molecule has 33 valence electrons. The third kappa shape index (κ3) is 82.1. The van der Waals surface area contributed by atoms with Crippen molar-refractivity contribution >= 4 is 37.8 Å². The quantitative estimate of drug-likeness (QED) is 0.300. The van der Waals surface area contributed by atoms with Crippen LogP contribution < -0.4 is 0 Å². The van der Waals surface area contributed by atoms with Crippen LogP contribution in [0.25, 0.3) is 0 Å². The molecule has 0 heterocycles. The van der Waals surface area contributed by atoms with E-state index < -0.39 is 8.25 Å². The molecule has 0 fully saturated rings. The summed E-state index contributed by atoms with van der Waals surface area (Å²) in [4.78, 5) is 14.2. The van der Waals surface area contributed by atoms with Gasteiger partial charge in [0.1, 0.15) is 0 Å². The Morgan fingerprint density at radius 3 is 1.33 bits per heavy atom. The second-order valence-corrected chi connectivity index (χ2v) is 0.758. The molecule has 0 spiro atoms. The summed E-state index contributed by atoms with van der Waals surface area (Å²) in [5.41, 5.74) is 0. The van der Waals surface area contributed by atoms with E-state index in [1.54, 1.807) is 0 Å². The van der Waals surface area contributed by atoms with E-state index in [2.05, 4.69) is 0 Å². The molecule has 6 heavy (non-hydrogen) atoms. The summed E-state index contributed by atoms with van der Waals surface area (Å²) in [6.07, 6.45) is 0. The van der Waals surface area contributed by atoms with Gasteiger partial charge in [0.2, 0.25) is 0 Å². The standard InChI is InChI=1S/Na.HO3P.H2O/c;1-4(2)3;/h;(H-,1,2,3);1H2/p+1. The minimum atomic E-state index is -2.87. The van der Waals surface area contributed by atoms with Crippen molar-refractivity contribution in [3.63, 3.8) is 0 Å². The van der Waals surface area contributed by atoms with E-state index in [9.17, 15) is 0 Å². The third-order valence-electron chi connectivity index (χ3n) is 0. The Morgan fingerprint density at radius 1 is 1.33 bits per heavy atom. The van der Waals surface area contributed by atoms with Crippen LogP contribution in [0.3, 0.4) is 0 Å². The van der Waals surface area contributed by atoms with Crippen molar-refractivity contribution in [2.24, 2.45) is 0 Å². The van der Waals surface area contributed by atoms with E-state index in [0.29, 0.717) is 0 Å². The zero-order chi connectivity index (χ0) is 3.58. The van der Waals surface area contributed by atoms with Crippen molar-refractivity contribution < 1.29 is 19.8 Å². The van der Waals surface area contributed by atoms with Crippen LogP contribution in [0.15, 0.2) is 0 Å². The molecule has 0 aliphatic heterocycles. The van der Waals surface area contributed by atoms with E-state index in [0.717, 1.165) is 0 Å². The minimum Gasteiger partial charge on any atom is -0.412 e. The molecule has 0 atom stereocenters. The summed E-state index contributed by atoms with van der Waals surface area (Å²) >= 11 is 0. The van der Waals surface area contributed by atoms with Crippen LogP contribution in [-0.2, 0) is 4.57 Å². The van der Waals surface area contributed by atoms with Crippen LogP contribution in [0.4, 0.5) is 0 Å². The van der Waals surface area contributed by atoms with Crippen molar-refractivity contribution in [2.45, 2.75) is 0 Å². The molecule has 0 rings (SSSR count). The van der Waals surface area contributed by atoms with E-state index >= 15 is 0 Å². The molecule has 0 saturated heterocycles. The predicted molar refractivity (Wildman–Crippen MR) is 21.4 cm³/mol. The fourth-order valence-corrected chi connectivity index (χ4v) is 0. The second kappa shape index (κ2) is 9.36. The van der Waals surface area contributed by atoms with E-state index in [1.165, 1.54) is 0 Å². The third-order valence-corrected chi connectivity index (χ3v) is 0. The van der Waals surface area contributed by atoms with Gasteiger partial charge in [0.15, 0.2) is 0 Å². The molecule has 6 heteroatoms. The average Bonchev–Trinajstić information content (AvgIpc) is 0.811. The smallest absolute Gasteiger partial charge is 0.412 e. The molecule has 0 aromatic carbocycles. The zero-order valence-corrected chi connectivity index (χ0v) is 6.14. The van der Waals surface area contributed by atoms with Gasteiger partial charge in [0.25, 0.3) is 0 Å². The molecule has 0 aliphatic rings. The molecule has 0 aromatic heterocycles. The number of hydrogen-bond donors (Lipinski definition) is 2. The second-order valence-electron chi connectivity index (χ2n) is 0.253. The van der Waals surface area contributed by atoms with Gasteiger partial charge in [0.05, 0.1) is 0 Å². The Morgan fingerprint density at radius 2 is 1.33 bits per heavy atom. The van der Waals surface area contributed by atoms with Crippen LogP contribution in [0.5, 0.6) is 0 Å². The first-order chi connectivity index (χ1) is 1.73. The maximum atomic E-state index is 8.70. The molecule has 1 radical (unpaired) electrons. The summed E-state index contributed by atoms with van der Waals surface area (Å²) in [6.45, 7) is 0. The van der Waals surface area contributed by atoms with Gasteiger partial charge < -0.3 is 5.48 Å². The first kappa shape index (κ1) is 15.8. The summed E-state index contributed by atoms with van der Waals surface area (Å²) in [5, 5.41) is 0. The first-order valence-electron chi connectivity index (χ1n) is 0.583. The van der Waals surface area contributed by atoms with Crippen molar-refractivity contribution in [2.75, 3.05) is 0 Å². The molecule has 0 unspecified atom stereocenters. The maximum Gasteiger partial charge on any atom is 0.692 e. The molecule has 4 N–H and O–H groups in total. The van der Waals surface area contributed by atoms with Gasteiger partial charge in [-0.15, -0.1) is 9.79 Å². The largest absolute Gasteiger partial charge is 0.692 e. The average molecular weight is 122 g/mol. The minimum absolute atomic E-state index is 0. The molecule has 0 amide bonds. The molecular weight excluding hydrogens is 118 g/mol. The summed E-state index contributed by atoms with van der Waals surface area (Å²) in [7, 11) is -2.87. The van der Waals surface area contributed by atoms with Crippen molar-refractivity contribution in [3.8, 4) is 0 Å². The van der Waals surface area contributed by atoms with Crippen LogP contribution >= 0.6 is 8.25 Å². The normalized spacial score (nSPS) is 4.33. The zero-order valence-electron chi connectivity index (χ0n) is 3.25. The monoisotopic (exact) mass is 122 g/mol. The van der Waals surface area contributed by atoms with Gasteiger partial charge in [-0.25, -0.2) is 0 Å². The molecule has 0 aliphatic carbocycles. The Balaban J connectivity index is -0.0000000450. The molecular formula is H4NaO4P+. The van der Waals surface area contributed by atoms with Crippen LogP contribution in [-0.4, -0.2) is 44.8 Å². The Labute approximate surface area is 57.7 Å². The van der Waals surface area contributed by atoms with Gasteiger partial charge in [-0.3, -0.25) is 0 Å². The van der Waals surface area contributed by atoms with Crippen molar-refractivity contribution in [1.82, 2.24) is 0 Å². The topological polar surface area (TPSA) is 89.0 Å².